The second kappa shape index (κ2) is 18.7. The SMILES string of the molecule is CCCCCCC(=O)NCCN(CC)CCCCCCCCCO. The number of nitrogens with one attached hydrogen (secondary N) is 1. The topological polar surface area (TPSA) is 52.6 Å². The quantitative estimate of drug-likeness (QED) is 0.368. The van der Waals surface area contributed by atoms with Crippen LogP contribution in [0.4, 0.5) is 0 Å². The number of aliphatic hydroxyl groups is 1. The highest BCUT2D eigenvalue weighted by atomic mass is 16.2. The molecule has 0 fully saturated rings. The minimum Gasteiger partial charge on any atom is -0.396 e. The Morgan fingerprint density at radius 1 is 0.833 bits per heavy atom. The van der Waals surface area contributed by atoms with E-state index >= 15 is 0 Å². The molecule has 0 unspecified atom stereocenters. The van der Waals surface area contributed by atoms with Gasteiger partial charge in [-0.1, -0.05) is 65.2 Å². The third-order valence-corrected chi connectivity index (χ3v) is 4.59. The van der Waals surface area contributed by atoms with Crippen molar-refractivity contribution in [1.82, 2.24) is 10.2 Å². The lowest BCUT2D eigenvalue weighted by molar-refractivity contribution is -0.121. The van der Waals surface area contributed by atoms with E-state index in [-0.39, 0.29) is 5.91 Å². The highest BCUT2D eigenvalue weighted by molar-refractivity contribution is 5.75. The fraction of sp³-hybridized carbons (Fsp3) is 0.950. The normalized spacial score (nSPS) is 11.2. The second-order valence-electron chi connectivity index (χ2n) is 6.79. The molecule has 24 heavy (non-hydrogen) atoms. The Balaban J connectivity index is 3.47. The molecule has 0 aromatic rings. The summed E-state index contributed by atoms with van der Waals surface area (Å²) in [6.07, 6.45) is 13.8. The first kappa shape index (κ1) is 23.4. The smallest absolute Gasteiger partial charge is 0.220 e. The van der Waals surface area contributed by atoms with Crippen LogP contribution in [0.25, 0.3) is 0 Å². The van der Waals surface area contributed by atoms with E-state index < -0.39 is 0 Å². The van der Waals surface area contributed by atoms with Gasteiger partial charge in [0, 0.05) is 26.1 Å². The van der Waals surface area contributed by atoms with Crippen LogP contribution >= 0.6 is 0 Å². The van der Waals surface area contributed by atoms with E-state index in [0.29, 0.717) is 13.0 Å². The number of hydrogen-bond donors (Lipinski definition) is 2. The average molecular weight is 343 g/mol. The van der Waals surface area contributed by atoms with Gasteiger partial charge >= 0.3 is 0 Å². The minimum absolute atomic E-state index is 0.213. The van der Waals surface area contributed by atoms with E-state index in [9.17, 15) is 4.79 Å². The Kier molecular flexibility index (Phi) is 18.2. The molecule has 0 rings (SSSR count). The van der Waals surface area contributed by atoms with Crippen LogP contribution < -0.4 is 5.32 Å². The van der Waals surface area contributed by atoms with Gasteiger partial charge in [-0.15, -0.1) is 0 Å². The van der Waals surface area contributed by atoms with Crippen molar-refractivity contribution in [3.63, 3.8) is 0 Å². The van der Waals surface area contributed by atoms with E-state index in [1.54, 1.807) is 0 Å². The number of hydrogen-bond acceptors (Lipinski definition) is 3. The number of unbranched alkanes of at least 4 members (excludes halogenated alkanes) is 9. The number of carbonyl (C=O) groups is 1. The van der Waals surface area contributed by atoms with Crippen LogP contribution in [0.1, 0.15) is 90.9 Å². The summed E-state index contributed by atoms with van der Waals surface area (Å²) in [4.78, 5) is 14.2. The molecule has 0 bridgehead atoms. The number of nitrogens with zero attached hydrogens (tertiary/aromatic N) is 1. The lowest BCUT2D eigenvalue weighted by atomic mass is 10.1. The first-order chi connectivity index (χ1) is 11.7. The summed E-state index contributed by atoms with van der Waals surface area (Å²) in [5.41, 5.74) is 0. The van der Waals surface area contributed by atoms with Crippen LogP contribution in [0.2, 0.25) is 0 Å². The summed E-state index contributed by atoms with van der Waals surface area (Å²) < 4.78 is 0. The number of carbonyl (C=O) groups excluding carboxylic acids is 1. The maximum Gasteiger partial charge on any atom is 0.220 e. The number of aliphatic hydroxyl groups excluding tert-OH is 1. The van der Waals surface area contributed by atoms with Crippen molar-refractivity contribution in [3.8, 4) is 0 Å². The van der Waals surface area contributed by atoms with Crippen LogP contribution in [0.15, 0.2) is 0 Å². The van der Waals surface area contributed by atoms with E-state index in [4.69, 9.17) is 5.11 Å². The van der Waals surface area contributed by atoms with Gasteiger partial charge in [0.05, 0.1) is 0 Å². The molecule has 144 valence electrons. The zero-order valence-corrected chi connectivity index (χ0v) is 16.3. The Morgan fingerprint density at radius 2 is 1.46 bits per heavy atom. The van der Waals surface area contributed by atoms with E-state index in [1.807, 2.05) is 0 Å². The molecule has 0 saturated heterocycles. The van der Waals surface area contributed by atoms with Crippen molar-refractivity contribution < 1.29 is 9.90 Å². The maximum atomic E-state index is 11.7. The maximum absolute atomic E-state index is 11.7. The molecule has 4 nitrogen and oxygen atoms in total. The minimum atomic E-state index is 0.213. The van der Waals surface area contributed by atoms with Crippen molar-refractivity contribution >= 4 is 5.91 Å². The molecule has 0 heterocycles. The Morgan fingerprint density at radius 3 is 2.08 bits per heavy atom. The van der Waals surface area contributed by atoms with Gasteiger partial charge in [0.25, 0.3) is 0 Å². The van der Waals surface area contributed by atoms with Gasteiger partial charge in [0.1, 0.15) is 0 Å². The molecular weight excluding hydrogens is 300 g/mol. The fourth-order valence-corrected chi connectivity index (χ4v) is 2.91. The fourth-order valence-electron chi connectivity index (χ4n) is 2.91. The molecular formula is C20H42N2O2. The Labute approximate surface area is 150 Å². The Bertz CT molecular complexity index is 272. The molecule has 0 spiro atoms. The van der Waals surface area contributed by atoms with E-state index in [0.717, 1.165) is 45.4 Å². The third kappa shape index (κ3) is 16.3. The van der Waals surface area contributed by atoms with Crippen molar-refractivity contribution in [1.29, 1.82) is 0 Å². The average Bonchev–Trinajstić information content (AvgIpc) is 2.59. The van der Waals surface area contributed by atoms with Crippen LogP contribution in [0.3, 0.4) is 0 Å². The third-order valence-electron chi connectivity index (χ3n) is 4.59. The molecule has 0 aliphatic heterocycles. The molecule has 0 saturated carbocycles. The summed E-state index contributed by atoms with van der Waals surface area (Å²) in [7, 11) is 0. The van der Waals surface area contributed by atoms with Gasteiger partial charge in [-0.2, -0.15) is 0 Å². The highest BCUT2D eigenvalue weighted by Gasteiger charge is 2.04. The van der Waals surface area contributed by atoms with Crippen molar-refractivity contribution in [2.45, 2.75) is 90.9 Å². The van der Waals surface area contributed by atoms with Gasteiger partial charge in [-0.05, 0) is 32.4 Å². The Hall–Kier alpha value is -0.610. The summed E-state index contributed by atoms with van der Waals surface area (Å²) in [6, 6.07) is 0. The number of amides is 1. The van der Waals surface area contributed by atoms with Crippen LogP contribution in [0.5, 0.6) is 0 Å². The lowest BCUT2D eigenvalue weighted by Gasteiger charge is -2.20. The number of likely N-dealkylation sites (N-methyl/N-ethyl adjacent to an activating group) is 1. The lowest BCUT2D eigenvalue weighted by Crippen LogP contribution is -2.35. The summed E-state index contributed by atoms with van der Waals surface area (Å²) in [5.74, 6) is 0.213. The first-order valence-corrected chi connectivity index (χ1v) is 10.3. The molecule has 0 aliphatic carbocycles. The summed E-state index contributed by atoms with van der Waals surface area (Å²) in [5, 5.41) is 11.8. The van der Waals surface area contributed by atoms with Gasteiger partial charge < -0.3 is 15.3 Å². The summed E-state index contributed by atoms with van der Waals surface area (Å²) >= 11 is 0. The monoisotopic (exact) mass is 342 g/mol. The summed E-state index contributed by atoms with van der Waals surface area (Å²) in [6.45, 7) is 8.66. The molecule has 0 radical (unpaired) electrons. The van der Waals surface area contributed by atoms with E-state index in [1.165, 1.54) is 51.4 Å². The zero-order chi connectivity index (χ0) is 17.9. The molecule has 1 amide bonds. The molecule has 4 heteroatoms. The predicted octanol–water partition coefficient (Wildman–Crippen LogP) is 4.12. The molecule has 0 aromatic heterocycles. The van der Waals surface area contributed by atoms with Crippen LogP contribution in [-0.2, 0) is 4.79 Å². The second-order valence-corrected chi connectivity index (χ2v) is 6.79. The highest BCUT2D eigenvalue weighted by Crippen LogP contribution is 2.07. The zero-order valence-electron chi connectivity index (χ0n) is 16.3. The van der Waals surface area contributed by atoms with Crippen molar-refractivity contribution in [2.75, 3.05) is 32.8 Å². The molecule has 2 N–H and O–H groups in total. The first-order valence-electron chi connectivity index (χ1n) is 10.3. The van der Waals surface area contributed by atoms with Crippen LogP contribution in [0, 0.1) is 0 Å². The molecule has 0 aliphatic rings. The van der Waals surface area contributed by atoms with Gasteiger partial charge in [0.15, 0.2) is 0 Å². The largest absolute Gasteiger partial charge is 0.396 e. The standard InChI is InChI=1S/C20H42N2O2/c1-3-5-6-12-15-20(24)21-16-18-22(4-2)17-13-10-8-7-9-11-14-19-23/h23H,3-19H2,1-2H3,(H,21,24). The molecule has 0 aromatic carbocycles. The van der Waals surface area contributed by atoms with Crippen molar-refractivity contribution in [2.24, 2.45) is 0 Å². The predicted molar refractivity (Wildman–Crippen MR) is 103 cm³/mol. The van der Waals surface area contributed by atoms with Gasteiger partial charge in [-0.3, -0.25) is 4.79 Å². The number of rotatable bonds is 18. The van der Waals surface area contributed by atoms with Crippen molar-refractivity contribution in [3.05, 3.63) is 0 Å². The van der Waals surface area contributed by atoms with Gasteiger partial charge in [-0.25, -0.2) is 0 Å². The van der Waals surface area contributed by atoms with Gasteiger partial charge in [0.2, 0.25) is 5.91 Å². The van der Waals surface area contributed by atoms with E-state index in [2.05, 4.69) is 24.1 Å². The molecule has 0 atom stereocenters. The van der Waals surface area contributed by atoms with Crippen LogP contribution in [-0.4, -0.2) is 48.7 Å².